The fourth-order valence-electron chi connectivity index (χ4n) is 4.68. The van der Waals surface area contributed by atoms with E-state index >= 15 is 0 Å². The molecule has 3 heteroatoms. The second kappa shape index (κ2) is 6.64. The van der Waals surface area contributed by atoms with Crippen LogP contribution in [-0.2, 0) is 5.41 Å². The average molecular weight is 420 g/mol. The van der Waals surface area contributed by atoms with Crippen LogP contribution in [0.1, 0.15) is 36.3 Å². The van der Waals surface area contributed by atoms with Crippen molar-refractivity contribution in [2.45, 2.75) is 33.0 Å². The Morgan fingerprint density at radius 2 is 1.53 bits per heavy atom. The number of aromatic nitrogens is 2. The third-order valence-corrected chi connectivity index (χ3v) is 6.17. The Bertz CT molecular complexity index is 1780. The zero-order chi connectivity index (χ0) is 24.5. The summed E-state index contributed by atoms with van der Waals surface area (Å²) in [6.45, 7) is 4.08. The van der Waals surface area contributed by atoms with E-state index in [2.05, 4.69) is 61.1 Å². The molecule has 156 valence electrons. The molecule has 0 radical (unpaired) electrons. The lowest BCUT2D eigenvalue weighted by atomic mass is 9.82. The number of furan rings is 1. The molecule has 0 aliphatic heterocycles. The molecule has 6 rings (SSSR count). The van der Waals surface area contributed by atoms with E-state index in [0.717, 1.165) is 32.5 Å². The minimum absolute atomic E-state index is 0.122. The molecule has 0 N–H and O–H groups in total. The Labute approximate surface area is 190 Å². The highest BCUT2D eigenvalue weighted by atomic mass is 16.3. The van der Waals surface area contributed by atoms with Crippen molar-refractivity contribution in [2.75, 3.05) is 0 Å². The SMILES string of the molecule is [2H]C([2H])([2H])c1nc(-c2cc(C(C)(C)C)c3ccccc3c2)c2c(n1)oc1c3ccccc3ccc12. The molecule has 6 aromatic rings. The Morgan fingerprint density at radius 1 is 0.781 bits per heavy atom. The van der Waals surface area contributed by atoms with E-state index in [1.54, 1.807) is 0 Å². The van der Waals surface area contributed by atoms with Crippen molar-refractivity contribution < 1.29 is 8.53 Å². The first-order chi connectivity index (χ1) is 16.6. The van der Waals surface area contributed by atoms with Gasteiger partial charge in [-0.15, -0.1) is 0 Å². The quantitative estimate of drug-likeness (QED) is 0.271. The minimum atomic E-state index is -2.46. The third-order valence-electron chi connectivity index (χ3n) is 6.17. The minimum Gasteiger partial charge on any atom is -0.437 e. The summed E-state index contributed by atoms with van der Waals surface area (Å²) in [5.41, 5.74) is 3.45. The molecule has 2 aromatic heterocycles. The van der Waals surface area contributed by atoms with Crippen LogP contribution in [0.2, 0.25) is 0 Å². The molecule has 0 saturated carbocycles. The van der Waals surface area contributed by atoms with Crippen LogP contribution in [0.4, 0.5) is 0 Å². The summed E-state index contributed by atoms with van der Waals surface area (Å²) in [6.07, 6.45) is 0. The molecule has 0 fully saturated rings. The number of hydrogen-bond donors (Lipinski definition) is 0. The van der Waals surface area contributed by atoms with Crippen LogP contribution >= 0.6 is 0 Å². The average Bonchev–Trinajstić information content (AvgIpc) is 3.21. The predicted molar refractivity (Wildman–Crippen MR) is 133 cm³/mol. The van der Waals surface area contributed by atoms with Gasteiger partial charge in [0.25, 0.3) is 0 Å². The molecule has 2 heterocycles. The van der Waals surface area contributed by atoms with Gasteiger partial charge in [-0.2, -0.15) is 4.98 Å². The maximum Gasteiger partial charge on any atom is 0.231 e. The van der Waals surface area contributed by atoms with Crippen molar-refractivity contribution in [2.24, 2.45) is 0 Å². The maximum atomic E-state index is 8.01. The number of hydrogen-bond acceptors (Lipinski definition) is 3. The van der Waals surface area contributed by atoms with Crippen LogP contribution in [0.5, 0.6) is 0 Å². The van der Waals surface area contributed by atoms with Gasteiger partial charge in [-0.1, -0.05) is 75.4 Å². The number of nitrogens with zero attached hydrogens (tertiary/aromatic N) is 2. The standard InChI is InChI=1S/C29H24N2O/c1-17-30-26(20-15-19-10-6-7-11-21(19)24(16-20)29(2,3)4)25-23-14-13-18-9-5-8-12-22(18)27(23)32-28(25)31-17/h5-16H,1-4H3/i1D3. The smallest absolute Gasteiger partial charge is 0.231 e. The van der Waals surface area contributed by atoms with Gasteiger partial charge in [-0.3, -0.25) is 0 Å². The molecule has 0 saturated heterocycles. The van der Waals surface area contributed by atoms with Gasteiger partial charge < -0.3 is 4.42 Å². The number of benzene rings is 4. The van der Waals surface area contributed by atoms with E-state index in [4.69, 9.17) is 8.53 Å². The van der Waals surface area contributed by atoms with Gasteiger partial charge in [0.2, 0.25) is 5.71 Å². The number of rotatable bonds is 1. The first-order valence-electron chi connectivity index (χ1n) is 12.3. The van der Waals surface area contributed by atoms with Crippen LogP contribution in [0.15, 0.2) is 77.2 Å². The molecule has 0 aliphatic rings. The largest absolute Gasteiger partial charge is 0.437 e. The van der Waals surface area contributed by atoms with Crippen molar-refractivity contribution >= 4 is 43.6 Å². The van der Waals surface area contributed by atoms with Crippen molar-refractivity contribution in [3.8, 4) is 11.3 Å². The lowest BCUT2D eigenvalue weighted by molar-refractivity contribution is 0.596. The summed E-state index contributed by atoms with van der Waals surface area (Å²) in [5, 5.41) is 5.86. The monoisotopic (exact) mass is 419 g/mol. The van der Waals surface area contributed by atoms with Crippen LogP contribution in [0.3, 0.4) is 0 Å². The van der Waals surface area contributed by atoms with Crippen LogP contribution in [-0.4, -0.2) is 9.97 Å². The lowest BCUT2D eigenvalue weighted by Crippen LogP contribution is -2.12. The van der Waals surface area contributed by atoms with Gasteiger partial charge in [0.05, 0.1) is 11.1 Å². The van der Waals surface area contributed by atoms with Gasteiger partial charge in [-0.05, 0) is 52.2 Å². The molecule has 3 nitrogen and oxygen atoms in total. The molecule has 4 aromatic carbocycles. The first-order valence-corrected chi connectivity index (χ1v) is 10.8. The zero-order valence-electron chi connectivity index (χ0n) is 21.2. The van der Waals surface area contributed by atoms with Crippen LogP contribution in [0, 0.1) is 6.85 Å². The van der Waals surface area contributed by atoms with Gasteiger partial charge in [0, 0.05) is 20.4 Å². The third kappa shape index (κ3) is 2.81. The predicted octanol–water partition coefficient (Wildman–Crippen LogP) is 7.96. The second-order valence-electron chi connectivity index (χ2n) is 9.34. The summed E-state index contributed by atoms with van der Waals surface area (Å²) in [4.78, 5) is 9.01. The van der Waals surface area contributed by atoms with Crippen molar-refractivity contribution in [1.29, 1.82) is 0 Å². The van der Waals surface area contributed by atoms with E-state index in [0.29, 0.717) is 11.3 Å². The van der Waals surface area contributed by atoms with E-state index < -0.39 is 6.85 Å². The fraction of sp³-hybridized carbons (Fsp3) is 0.172. The highest BCUT2D eigenvalue weighted by Crippen LogP contribution is 2.40. The summed E-state index contributed by atoms with van der Waals surface area (Å²) >= 11 is 0. The number of fused-ring (bicyclic) bond motifs is 6. The summed E-state index contributed by atoms with van der Waals surface area (Å²) in [5.74, 6) is -0.214. The molecular weight excluding hydrogens is 392 g/mol. The Hall–Kier alpha value is -3.72. The van der Waals surface area contributed by atoms with Crippen molar-refractivity contribution in [1.82, 2.24) is 9.97 Å². The van der Waals surface area contributed by atoms with E-state index in [1.165, 1.54) is 10.9 Å². The molecule has 0 spiro atoms. The highest BCUT2D eigenvalue weighted by molar-refractivity contribution is 6.18. The van der Waals surface area contributed by atoms with E-state index in [9.17, 15) is 0 Å². The highest BCUT2D eigenvalue weighted by Gasteiger charge is 2.22. The fourth-order valence-corrected chi connectivity index (χ4v) is 4.68. The van der Waals surface area contributed by atoms with Gasteiger partial charge in [0.1, 0.15) is 11.4 Å². The second-order valence-corrected chi connectivity index (χ2v) is 9.34. The summed E-state index contributed by atoms with van der Waals surface area (Å²) in [6, 6.07) is 24.5. The zero-order valence-corrected chi connectivity index (χ0v) is 18.2. The van der Waals surface area contributed by atoms with E-state index in [-0.39, 0.29) is 17.0 Å². The van der Waals surface area contributed by atoms with E-state index in [1.807, 2.05) is 42.5 Å². The summed E-state index contributed by atoms with van der Waals surface area (Å²) < 4.78 is 30.3. The molecule has 0 atom stereocenters. The van der Waals surface area contributed by atoms with Gasteiger partial charge in [0.15, 0.2) is 0 Å². The maximum absolute atomic E-state index is 8.01. The topological polar surface area (TPSA) is 38.9 Å². The Morgan fingerprint density at radius 3 is 2.31 bits per heavy atom. The van der Waals surface area contributed by atoms with Gasteiger partial charge in [-0.25, -0.2) is 4.98 Å². The molecule has 32 heavy (non-hydrogen) atoms. The van der Waals surface area contributed by atoms with Gasteiger partial charge >= 0.3 is 0 Å². The van der Waals surface area contributed by atoms with Crippen molar-refractivity contribution in [3.63, 3.8) is 0 Å². The Kier molecular flexibility index (Phi) is 3.32. The molecule has 0 bridgehead atoms. The normalized spacial score (nSPS) is 14.2. The summed E-state index contributed by atoms with van der Waals surface area (Å²) in [7, 11) is 0. The molecule has 0 unspecified atom stereocenters. The lowest BCUT2D eigenvalue weighted by Gasteiger charge is -2.23. The number of aryl methyl sites for hydroxylation is 1. The van der Waals surface area contributed by atoms with Crippen LogP contribution in [0.25, 0.3) is 54.9 Å². The molecule has 0 amide bonds. The molecular formula is C29H24N2O. The van der Waals surface area contributed by atoms with Crippen LogP contribution < -0.4 is 0 Å². The van der Waals surface area contributed by atoms with Crippen molar-refractivity contribution in [3.05, 3.63) is 84.2 Å². The Balaban J connectivity index is 1.78. The molecule has 0 aliphatic carbocycles. The first kappa shape index (κ1) is 16.0.